The predicted octanol–water partition coefficient (Wildman–Crippen LogP) is 4.63. The molecule has 3 aromatic carbocycles. The van der Waals surface area contributed by atoms with E-state index in [2.05, 4.69) is 4.90 Å². The van der Waals surface area contributed by atoms with Gasteiger partial charge in [-0.2, -0.15) is 0 Å². The van der Waals surface area contributed by atoms with Crippen molar-refractivity contribution in [1.29, 1.82) is 0 Å². The Labute approximate surface area is 255 Å². The van der Waals surface area contributed by atoms with E-state index < -0.39 is 39.4 Å². The van der Waals surface area contributed by atoms with Crippen molar-refractivity contribution in [2.24, 2.45) is 5.92 Å². The Morgan fingerprint density at radius 1 is 1.05 bits per heavy atom. The van der Waals surface area contributed by atoms with Gasteiger partial charge in [-0.15, -0.1) is 0 Å². The van der Waals surface area contributed by atoms with Crippen molar-refractivity contribution >= 4 is 44.9 Å². The summed E-state index contributed by atoms with van der Waals surface area (Å²) in [5.74, 6) is -0.773. The van der Waals surface area contributed by atoms with Crippen LogP contribution in [0.5, 0.6) is 5.75 Å². The number of likely N-dealkylation sites (tertiary alicyclic amines) is 1. The molecule has 2 fully saturated rings. The molecular weight excluding hydrogens is 587 g/mol. The molecule has 0 aromatic heterocycles. The molecule has 3 atom stereocenters. The fourth-order valence-corrected chi connectivity index (χ4v) is 9.26. The predicted molar refractivity (Wildman–Crippen MR) is 163 cm³/mol. The fraction of sp³-hybridized carbons (Fsp3) is 0.281. The van der Waals surface area contributed by atoms with Crippen LogP contribution in [0.15, 0.2) is 95.5 Å². The van der Waals surface area contributed by atoms with Crippen LogP contribution in [0.2, 0.25) is 0 Å². The van der Waals surface area contributed by atoms with E-state index in [1.165, 1.54) is 23.5 Å². The molecule has 9 nitrogen and oxygen atoms in total. The SMILES string of the molecule is COc1ccc(S(=O)(=O)N2c3ccccc3[C@]34CC(=S)N(Cc5ccccc5)C3=CC[C@@H](C(=O)N3CCOC3=O)[C@H]24)cc1. The summed E-state index contributed by atoms with van der Waals surface area (Å²) >= 11 is 6.02. The van der Waals surface area contributed by atoms with Gasteiger partial charge >= 0.3 is 6.09 Å². The summed E-state index contributed by atoms with van der Waals surface area (Å²) in [6.07, 6.45) is 1.90. The molecule has 1 aliphatic carbocycles. The number of benzene rings is 3. The highest BCUT2D eigenvalue weighted by Gasteiger charge is 2.66. The second-order valence-corrected chi connectivity index (χ2v) is 13.4. The average Bonchev–Trinajstić information content (AvgIpc) is 3.67. The Kier molecular flexibility index (Phi) is 6.55. The highest BCUT2D eigenvalue weighted by Crippen LogP contribution is 2.61. The molecule has 0 N–H and O–H groups in total. The summed E-state index contributed by atoms with van der Waals surface area (Å²) in [7, 11) is -2.67. The number of anilines is 1. The van der Waals surface area contributed by atoms with Crippen LogP contribution in [0.1, 0.15) is 24.0 Å². The lowest BCUT2D eigenvalue weighted by molar-refractivity contribution is -0.133. The molecular formula is C32H29N3O6S2. The molecule has 3 heterocycles. The normalized spacial score (nSPS) is 24.3. The Bertz CT molecular complexity index is 1780. The highest BCUT2D eigenvalue weighted by atomic mass is 32.2. The van der Waals surface area contributed by atoms with Gasteiger partial charge in [0, 0.05) is 18.7 Å². The molecule has 0 unspecified atom stereocenters. The van der Waals surface area contributed by atoms with Crippen LogP contribution in [0.4, 0.5) is 10.5 Å². The van der Waals surface area contributed by atoms with Gasteiger partial charge in [0.05, 0.1) is 46.6 Å². The zero-order valence-electron chi connectivity index (χ0n) is 23.4. The number of allylic oxidation sites excluding steroid dienone is 1. The number of para-hydroxylation sites is 1. The number of hydrogen-bond acceptors (Lipinski definition) is 7. The topological polar surface area (TPSA) is 96.5 Å². The number of carbonyl (C=O) groups excluding carboxylic acids is 2. The number of nitrogens with zero attached hydrogens (tertiary/aromatic N) is 3. The van der Waals surface area contributed by atoms with Crippen molar-refractivity contribution in [1.82, 2.24) is 9.80 Å². The number of cyclic esters (lactones) is 1. The van der Waals surface area contributed by atoms with Gasteiger partial charge in [-0.25, -0.2) is 18.1 Å². The van der Waals surface area contributed by atoms with Gasteiger partial charge < -0.3 is 14.4 Å². The van der Waals surface area contributed by atoms with Crippen LogP contribution in [0, 0.1) is 5.92 Å². The smallest absolute Gasteiger partial charge is 0.416 e. The first kappa shape index (κ1) is 27.6. The molecule has 3 aromatic rings. The van der Waals surface area contributed by atoms with E-state index in [4.69, 9.17) is 21.7 Å². The van der Waals surface area contributed by atoms with Crippen molar-refractivity contribution in [2.75, 3.05) is 24.6 Å². The summed E-state index contributed by atoms with van der Waals surface area (Å²) in [4.78, 5) is 30.6. The van der Waals surface area contributed by atoms with Crippen molar-refractivity contribution in [3.8, 4) is 5.75 Å². The second-order valence-electron chi connectivity index (χ2n) is 11.1. The molecule has 0 bridgehead atoms. The number of sulfonamides is 1. The van der Waals surface area contributed by atoms with E-state index in [9.17, 15) is 18.0 Å². The van der Waals surface area contributed by atoms with Gasteiger partial charge in [0.15, 0.2) is 0 Å². The van der Waals surface area contributed by atoms with Crippen LogP contribution in [0.3, 0.4) is 0 Å². The quantitative estimate of drug-likeness (QED) is 0.371. The average molecular weight is 616 g/mol. The van der Waals surface area contributed by atoms with E-state index in [-0.39, 0.29) is 24.5 Å². The Morgan fingerprint density at radius 3 is 2.47 bits per heavy atom. The summed E-state index contributed by atoms with van der Waals surface area (Å²) < 4.78 is 41.1. The summed E-state index contributed by atoms with van der Waals surface area (Å²) in [5, 5.41) is 0. The van der Waals surface area contributed by atoms with Crippen molar-refractivity contribution in [3.63, 3.8) is 0 Å². The molecule has 11 heteroatoms. The number of hydrogen-bond donors (Lipinski definition) is 0. The number of imide groups is 1. The molecule has 4 aliphatic rings. The zero-order valence-corrected chi connectivity index (χ0v) is 25.0. The molecule has 220 valence electrons. The molecule has 7 rings (SSSR count). The van der Waals surface area contributed by atoms with Crippen LogP contribution < -0.4 is 9.04 Å². The van der Waals surface area contributed by atoms with Gasteiger partial charge in [-0.1, -0.05) is 66.8 Å². The highest BCUT2D eigenvalue weighted by molar-refractivity contribution is 7.93. The summed E-state index contributed by atoms with van der Waals surface area (Å²) in [6.45, 7) is 0.753. The number of amides is 2. The lowest BCUT2D eigenvalue weighted by atomic mass is 9.65. The molecule has 0 saturated carbocycles. The van der Waals surface area contributed by atoms with E-state index in [1.807, 2.05) is 48.5 Å². The van der Waals surface area contributed by atoms with Crippen LogP contribution in [0.25, 0.3) is 0 Å². The maximum Gasteiger partial charge on any atom is 0.416 e. The standard InChI is InChI=1S/C32H29N3O6S2/c1-40-22-11-13-23(14-12-22)43(38,39)35-26-10-6-5-9-25(26)32-19-28(42)34(20-21-7-3-2-4-8-21)27(32)16-15-24(29(32)35)30(36)33-17-18-41-31(33)37/h2-14,16,24,29H,15,17-20H2,1H3/t24-,29+,32-/m1/s1. The van der Waals surface area contributed by atoms with Crippen LogP contribution in [-0.4, -0.2) is 61.5 Å². The maximum absolute atomic E-state index is 14.6. The second kappa shape index (κ2) is 10.2. The Morgan fingerprint density at radius 2 is 1.77 bits per heavy atom. The van der Waals surface area contributed by atoms with E-state index >= 15 is 0 Å². The summed E-state index contributed by atoms with van der Waals surface area (Å²) in [5.41, 5.74) is 2.32. The van der Waals surface area contributed by atoms with E-state index in [1.54, 1.807) is 24.3 Å². The van der Waals surface area contributed by atoms with Crippen LogP contribution in [-0.2, 0) is 31.5 Å². The third-order valence-electron chi connectivity index (χ3n) is 8.95. The molecule has 1 spiro atoms. The maximum atomic E-state index is 14.6. The minimum atomic E-state index is -4.19. The van der Waals surface area contributed by atoms with Gasteiger partial charge in [0.1, 0.15) is 12.4 Å². The molecule has 43 heavy (non-hydrogen) atoms. The molecule has 2 amide bonds. The molecule has 3 aliphatic heterocycles. The lowest BCUT2D eigenvalue weighted by Gasteiger charge is -2.44. The largest absolute Gasteiger partial charge is 0.497 e. The Hall–Kier alpha value is -4.22. The van der Waals surface area contributed by atoms with Crippen LogP contribution >= 0.6 is 12.2 Å². The van der Waals surface area contributed by atoms with Crippen molar-refractivity contribution in [2.45, 2.75) is 35.7 Å². The third kappa shape index (κ3) is 4.09. The van der Waals surface area contributed by atoms with Gasteiger partial charge in [0.2, 0.25) is 5.91 Å². The lowest BCUT2D eigenvalue weighted by Crippen LogP contribution is -2.57. The summed E-state index contributed by atoms with van der Waals surface area (Å²) in [6, 6.07) is 22.7. The zero-order chi connectivity index (χ0) is 29.9. The number of methoxy groups -OCH3 is 1. The number of fused-ring (bicyclic) bond motifs is 1. The first-order chi connectivity index (χ1) is 20.8. The number of thiocarbonyl (C=S) groups is 1. The first-order valence-electron chi connectivity index (χ1n) is 14.1. The van der Waals surface area contributed by atoms with E-state index in [0.29, 0.717) is 29.4 Å². The third-order valence-corrected chi connectivity index (χ3v) is 11.1. The van der Waals surface area contributed by atoms with Gasteiger partial charge in [0.25, 0.3) is 10.0 Å². The van der Waals surface area contributed by atoms with Gasteiger partial charge in [-0.05, 0) is 47.9 Å². The number of rotatable bonds is 6. The minimum Gasteiger partial charge on any atom is -0.497 e. The van der Waals surface area contributed by atoms with Crippen molar-refractivity contribution < 1.29 is 27.5 Å². The van der Waals surface area contributed by atoms with E-state index in [0.717, 1.165) is 21.7 Å². The number of ether oxygens (including phenoxy) is 2. The number of carbonyl (C=O) groups is 2. The molecule has 0 radical (unpaired) electrons. The van der Waals surface area contributed by atoms with Crippen molar-refractivity contribution in [3.05, 3.63) is 102 Å². The first-order valence-corrected chi connectivity index (χ1v) is 15.9. The fourth-order valence-electron chi connectivity index (χ4n) is 7.12. The molecule has 2 saturated heterocycles. The monoisotopic (exact) mass is 615 g/mol. The minimum absolute atomic E-state index is 0.0738. The van der Waals surface area contributed by atoms with Gasteiger partial charge in [-0.3, -0.25) is 9.10 Å². The Balaban J connectivity index is 1.42.